The highest BCUT2D eigenvalue weighted by molar-refractivity contribution is 7.98. The largest absolute Gasteiger partial charge is 0.478 e. The molecule has 0 fully saturated rings. The zero-order chi connectivity index (χ0) is 15.4. The van der Waals surface area contributed by atoms with Crippen molar-refractivity contribution >= 4 is 29.3 Å². The van der Waals surface area contributed by atoms with E-state index in [2.05, 4.69) is 5.32 Å². The van der Waals surface area contributed by atoms with Crippen molar-refractivity contribution in [3.63, 3.8) is 0 Å². The van der Waals surface area contributed by atoms with Gasteiger partial charge in [0, 0.05) is 10.5 Å². The fraction of sp³-hybridized carbons (Fsp3) is 0.0667. The van der Waals surface area contributed by atoms with Crippen LogP contribution in [0.2, 0.25) is 0 Å². The first-order valence-electron chi connectivity index (χ1n) is 5.99. The third-order valence-electron chi connectivity index (χ3n) is 2.81. The normalized spacial score (nSPS) is 10.2. The lowest BCUT2D eigenvalue weighted by Gasteiger charge is -2.09. The summed E-state index contributed by atoms with van der Waals surface area (Å²) < 4.78 is 13.1. The van der Waals surface area contributed by atoms with Crippen LogP contribution in [0.25, 0.3) is 0 Å². The van der Waals surface area contributed by atoms with Gasteiger partial charge in [-0.15, -0.1) is 11.8 Å². The van der Waals surface area contributed by atoms with Crippen molar-refractivity contribution in [2.45, 2.75) is 4.90 Å². The molecular formula is C15H12FNO3S. The zero-order valence-corrected chi connectivity index (χ0v) is 11.9. The molecule has 0 aromatic heterocycles. The molecule has 2 N–H and O–H groups in total. The Bertz CT molecular complexity index is 686. The van der Waals surface area contributed by atoms with E-state index in [1.165, 1.54) is 6.07 Å². The van der Waals surface area contributed by atoms with E-state index in [-0.39, 0.29) is 11.3 Å². The molecule has 0 atom stereocenters. The summed E-state index contributed by atoms with van der Waals surface area (Å²) in [7, 11) is 0. The number of halogens is 1. The molecule has 0 saturated heterocycles. The Morgan fingerprint density at radius 3 is 2.38 bits per heavy atom. The molecule has 0 heterocycles. The number of amides is 1. The van der Waals surface area contributed by atoms with Crippen molar-refractivity contribution in [1.82, 2.24) is 0 Å². The summed E-state index contributed by atoms with van der Waals surface area (Å²) in [5, 5.41) is 11.5. The molecule has 2 rings (SSSR count). The van der Waals surface area contributed by atoms with Gasteiger partial charge in [-0.2, -0.15) is 0 Å². The predicted octanol–water partition coefficient (Wildman–Crippen LogP) is 3.50. The molecule has 1 amide bonds. The van der Waals surface area contributed by atoms with Gasteiger partial charge in [-0.25, -0.2) is 9.18 Å². The summed E-state index contributed by atoms with van der Waals surface area (Å²) in [6.45, 7) is 0. The third kappa shape index (κ3) is 3.61. The van der Waals surface area contributed by atoms with Gasteiger partial charge in [0.2, 0.25) is 0 Å². The first kappa shape index (κ1) is 15.1. The minimum absolute atomic E-state index is 0.0582. The van der Waals surface area contributed by atoms with Crippen LogP contribution in [0.1, 0.15) is 20.7 Å². The maximum atomic E-state index is 13.1. The topological polar surface area (TPSA) is 66.4 Å². The number of thioether (sulfide) groups is 1. The van der Waals surface area contributed by atoms with Crippen molar-refractivity contribution < 1.29 is 19.1 Å². The van der Waals surface area contributed by atoms with Crippen LogP contribution in [0.15, 0.2) is 47.4 Å². The number of rotatable bonds is 4. The molecule has 4 nitrogen and oxygen atoms in total. The van der Waals surface area contributed by atoms with E-state index in [4.69, 9.17) is 5.11 Å². The van der Waals surface area contributed by atoms with Gasteiger partial charge < -0.3 is 10.4 Å². The Hall–Kier alpha value is -2.34. The van der Waals surface area contributed by atoms with Gasteiger partial charge >= 0.3 is 5.97 Å². The number of carbonyl (C=O) groups excluding carboxylic acids is 1. The average Bonchev–Trinajstić information content (AvgIpc) is 2.49. The molecule has 2 aromatic carbocycles. The van der Waals surface area contributed by atoms with Crippen LogP contribution < -0.4 is 5.32 Å². The summed E-state index contributed by atoms with van der Waals surface area (Å²) >= 11 is 1.55. The van der Waals surface area contributed by atoms with Crippen molar-refractivity contribution in [2.75, 3.05) is 11.6 Å². The summed E-state index contributed by atoms with van der Waals surface area (Å²) in [5.41, 5.74) is 0.167. The summed E-state index contributed by atoms with van der Waals surface area (Å²) in [4.78, 5) is 24.1. The second kappa shape index (κ2) is 6.41. The molecule has 0 saturated carbocycles. The molecular weight excluding hydrogens is 293 g/mol. The molecule has 21 heavy (non-hydrogen) atoms. The van der Waals surface area contributed by atoms with Gasteiger partial charge in [0.25, 0.3) is 5.91 Å². The molecule has 0 aliphatic heterocycles. The van der Waals surface area contributed by atoms with Crippen molar-refractivity contribution in [1.29, 1.82) is 0 Å². The SMILES string of the molecule is CSc1ccc(C(=O)Nc2ccc(F)cc2C(=O)O)cc1. The van der Waals surface area contributed by atoms with E-state index in [1.807, 2.05) is 6.26 Å². The number of carboxylic acid groups (broad SMARTS) is 1. The molecule has 6 heteroatoms. The van der Waals surface area contributed by atoms with E-state index in [1.54, 1.807) is 36.0 Å². The summed E-state index contributed by atoms with van der Waals surface area (Å²) in [6, 6.07) is 10.1. The molecule has 0 aliphatic carbocycles. The first-order chi connectivity index (χ1) is 10.0. The minimum atomic E-state index is -1.30. The highest BCUT2D eigenvalue weighted by Gasteiger charge is 2.14. The summed E-state index contributed by atoms with van der Waals surface area (Å²) in [5.74, 6) is -2.42. The third-order valence-corrected chi connectivity index (χ3v) is 3.56. The maximum absolute atomic E-state index is 13.1. The summed E-state index contributed by atoms with van der Waals surface area (Å²) in [6.07, 6.45) is 1.92. The number of carboxylic acids is 1. The van der Waals surface area contributed by atoms with Crippen molar-refractivity contribution in [2.24, 2.45) is 0 Å². The Morgan fingerprint density at radius 2 is 1.81 bits per heavy atom. The average molecular weight is 305 g/mol. The van der Waals surface area contributed by atoms with Gasteiger partial charge in [0.15, 0.2) is 0 Å². The first-order valence-corrected chi connectivity index (χ1v) is 7.22. The van der Waals surface area contributed by atoms with E-state index in [9.17, 15) is 14.0 Å². The van der Waals surface area contributed by atoms with Crippen LogP contribution >= 0.6 is 11.8 Å². The fourth-order valence-corrected chi connectivity index (χ4v) is 2.15. The van der Waals surface area contributed by atoms with Crippen LogP contribution in [-0.4, -0.2) is 23.2 Å². The quantitative estimate of drug-likeness (QED) is 0.848. The maximum Gasteiger partial charge on any atom is 0.337 e. The fourth-order valence-electron chi connectivity index (χ4n) is 1.74. The lowest BCUT2D eigenvalue weighted by atomic mass is 10.1. The highest BCUT2D eigenvalue weighted by atomic mass is 32.2. The minimum Gasteiger partial charge on any atom is -0.478 e. The highest BCUT2D eigenvalue weighted by Crippen LogP contribution is 2.19. The number of aromatic carboxylic acids is 1. The standard InChI is InChI=1S/C15H12FNO3S/c1-21-11-5-2-9(3-6-11)14(18)17-13-7-4-10(16)8-12(13)15(19)20/h2-8H,1H3,(H,17,18)(H,19,20). The number of nitrogens with one attached hydrogen (secondary N) is 1. The van der Waals surface area contributed by atoms with E-state index >= 15 is 0 Å². The number of hydrogen-bond donors (Lipinski definition) is 2. The van der Waals surface area contributed by atoms with Crippen LogP contribution in [-0.2, 0) is 0 Å². The number of carbonyl (C=O) groups is 2. The number of benzene rings is 2. The van der Waals surface area contributed by atoms with Crippen LogP contribution in [0.5, 0.6) is 0 Å². The van der Waals surface area contributed by atoms with Crippen molar-refractivity contribution in [3.8, 4) is 0 Å². The van der Waals surface area contributed by atoms with Gasteiger partial charge in [-0.3, -0.25) is 4.79 Å². The Kier molecular flexibility index (Phi) is 4.59. The van der Waals surface area contributed by atoms with E-state index in [0.29, 0.717) is 5.56 Å². The zero-order valence-electron chi connectivity index (χ0n) is 11.1. The predicted molar refractivity (Wildman–Crippen MR) is 79.5 cm³/mol. The molecule has 0 spiro atoms. The second-order valence-electron chi connectivity index (χ2n) is 4.18. The lowest BCUT2D eigenvalue weighted by Crippen LogP contribution is -2.15. The van der Waals surface area contributed by atoms with Gasteiger partial charge in [0.05, 0.1) is 11.3 Å². The van der Waals surface area contributed by atoms with Gasteiger partial charge in [-0.05, 0) is 48.7 Å². The molecule has 0 aliphatic rings. The molecule has 0 unspecified atom stereocenters. The molecule has 108 valence electrons. The Labute approximate surface area is 125 Å². The van der Waals surface area contributed by atoms with E-state index in [0.717, 1.165) is 17.0 Å². The lowest BCUT2D eigenvalue weighted by molar-refractivity contribution is 0.0697. The number of anilines is 1. The van der Waals surface area contributed by atoms with Crippen LogP contribution in [0, 0.1) is 5.82 Å². The van der Waals surface area contributed by atoms with Crippen LogP contribution in [0.4, 0.5) is 10.1 Å². The Morgan fingerprint density at radius 1 is 1.14 bits per heavy atom. The molecule has 0 bridgehead atoms. The van der Waals surface area contributed by atoms with E-state index < -0.39 is 17.7 Å². The molecule has 0 radical (unpaired) electrons. The van der Waals surface area contributed by atoms with Gasteiger partial charge in [0.1, 0.15) is 5.82 Å². The van der Waals surface area contributed by atoms with Crippen molar-refractivity contribution in [3.05, 3.63) is 59.4 Å². The van der Waals surface area contributed by atoms with Crippen LogP contribution in [0.3, 0.4) is 0 Å². The monoisotopic (exact) mass is 305 g/mol. The number of hydrogen-bond acceptors (Lipinski definition) is 3. The van der Waals surface area contributed by atoms with Gasteiger partial charge in [-0.1, -0.05) is 0 Å². The molecule has 2 aromatic rings. The smallest absolute Gasteiger partial charge is 0.337 e. The Balaban J connectivity index is 2.24. The second-order valence-corrected chi connectivity index (χ2v) is 5.06.